The van der Waals surface area contributed by atoms with Gasteiger partial charge in [-0.1, -0.05) is 54.6 Å². The number of hydrogen-bond acceptors (Lipinski definition) is 3. The summed E-state index contributed by atoms with van der Waals surface area (Å²) < 4.78 is 5.60. The predicted molar refractivity (Wildman–Crippen MR) is 99.5 cm³/mol. The van der Waals surface area contributed by atoms with Crippen LogP contribution in [0.3, 0.4) is 0 Å². The van der Waals surface area contributed by atoms with Crippen LogP contribution in [0, 0.1) is 0 Å². The molecule has 0 aliphatic heterocycles. The van der Waals surface area contributed by atoms with Crippen molar-refractivity contribution in [1.29, 1.82) is 0 Å². The van der Waals surface area contributed by atoms with Gasteiger partial charge in [0.25, 0.3) is 0 Å². The van der Waals surface area contributed by atoms with Gasteiger partial charge in [0.05, 0.1) is 19.3 Å². The third kappa shape index (κ3) is 5.32. The number of aliphatic hydroxyl groups is 1. The van der Waals surface area contributed by atoms with Gasteiger partial charge in [0, 0.05) is 12.6 Å². The fraction of sp³-hybridized carbons (Fsp3) is 0.400. The molecule has 0 spiro atoms. The van der Waals surface area contributed by atoms with Crippen molar-refractivity contribution in [2.45, 2.75) is 38.0 Å². The molecule has 2 aromatic rings. The molecule has 3 rings (SSSR count). The van der Waals surface area contributed by atoms with Crippen molar-refractivity contribution in [3.05, 3.63) is 71.3 Å². The maximum atomic E-state index is 10.1. The first-order valence-electron chi connectivity index (χ1n) is 8.44. The topological polar surface area (TPSA) is 41.5 Å². The lowest BCUT2D eigenvalue weighted by Gasteiger charge is -2.27. The second-order valence-electron chi connectivity index (χ2n) is 6.21. The van der Waals surface area contributed by atoms with Crippen LogP contribution < -0.4 is 5.32 Å². The standard InChI is InChI=1S/C20H25NO2.ClH/c22-18(15-23-14-16-7-2-1-3-8-16)13-21-20-12-6-10-17-9-4-5-11-19(17)20;/h1-5,7-9,11,18,20-22H,6,10,12-15H2;1H/t18-,20+;/m0./s1. The Hall–Kier alpha value is -1.39. The van der Waals surface area contributed by atoms with E-state index in [1.165, 1.54) is 17.5 Å². The highest BCUT2D eigenvalue weighted by Gasteiger charge is 2.19. The van der Waals surface area contributed by atoms with E-state index in [0.717, 1.165) is 18.4 Å². The van der Waals surface area contributed by atoms with Gasteiger partial charge >= 0.3 is 0 Å². The molecule has 1 aliphatic carbocycles. The molecule has 4 heteroatoms. The molecule has 0 bridgehead atoms. The smallest absolute Gasteiger partial charge is 0.0898 e. The summed E-state index contributed by atoms with van der Waals surface area (Å²) in [6.45, 7) is 1.47. The van der Waals surface area contributed by atoms with Crippen LogP contribution >= 0.6 is 12.4 Å². The monoisotopic (exact) mass is 347 g/mol. The number of rotatable bonds is 7. The highest BCUT2D eigenvalue weighted by atomic mass is 35.5. The first-order valence-corrected chi connectivity index (χ1v) is 8.44. The summed E-state index contributed by atoms with van der Waals surface area (Å²) in [4.78, 5) is 0. The van der Waals surface area contributed by atoms with Crippen LogP contribution in [0.5, 0.6) is 0 Å². The molecule has 2 aromatic carbocycles. The number of fused-ring (bicyclic) bond motifs is 1. The highest BCUT2D eigenvalue weighted by Crippen LogP contribution is 2.29. The molecule has 24 heavy (non-hydrogen) atoms. The minimum atomic E-state index is -0.479. The first-order chi connectivity index (χ1) is 11.3. The average Bonchev–Trinajstić information content (AvgIpc) is 2.61. The number of halogens is 1. The molecule has 3 nitrogen and oxygen atoms in total. The zero-order chi connectivity index (χ0) is 15.9. The highest BCUT2D eigenvalue weighted by molar-refractivity contribution is 5.85. The third-order valence-electron chi connectivity index (χ3n) is 4.39. The van der Waals surface area contributed by atoms with Gasteiger partial charge in [0.1, 0.15) is 0 Å². The van der Waals surface area contributed by atoms with Crippen LogP contribution in [0.2, 0.25) is 0 Å². The van der Waals surface area contributed by atoms with Crippen molar-refractivity contribution in [3.8, 4) is 0 Å². The summed E-state index contributed by atoms with van der Waals surface area (Å²) in [7, 11) is 0. The first kappa shape index (κ1) is 18.9. The van der Waals surface area contributed by atoms with Gasteiger partial charge in [-0.25, -0.2) is 0 Å². The number of nitrogens with one attached hydrogen (secondary N) is 1. The fourth-order valence-corrected chi connectivity index (χ4v) is 3.19. The van der Waals surface area contributed by atoms with E-state index in [1.54, 1.807) is 0 Å². The van der Waals surface area contributed by atoms with E-state index in [9.17, 15) is 5.11 Å². The Balaban J connectivity index is 0.00000208. The van der Waals surface area contributed by atoms with E-state index in [2.05, 4.69) is 29.6 Å². The molecule has 0 fully saturated rings. The van der Waals surface area contributed by atoms with E-state index in [0.29, 0.717) is 25.8 Å². The molecular weight excluding hydrogens is 322 g/mol. The lowest BCUT2D eigenvalue weighted by Crippen LogP contribution is -2.34. The zero-order valence-corrected chi connectivity index (χ0v) is 14.7. The van der Waals surface area contributed by atoms with Crippen LogP contribution in [-0.2, 0) is 17.8 Å². The number of hydrogen-bond donors (Lipinski definition) is 2. The van der Waals surface area contributed by atoms with E-state index < -0.39 is 6.10 Å². The predicted octanol–water partition coefficient (Wildman–Crippen LogP) is 3.65. The van der Waals surface area contributed by atoms with Crippen molar-refractivity contribution < 1.29 is 9.84 Å². The van der Waals surface area contributed by atoms with Gasteiger partial charge in [0.15, 0.2) is 0 Å². The van der Waals surface area contributed by atoms with Gasteiger partial charge in [0.2, 0.25) is 0 Å². The number of aliphatic hydroxyl groups excluding tert-OH is 1. The van der Waals surface area contributed by atoms with Crippen LogP contribution in [0.4, 0.5) is 0 Å². The Labute approximate surface area is 150 Å². The second kappa shape index (κ2) is 9.80. The fourth-order valence-electron chi connectivity index (χ4n) is 3.19. The minimum absolute atomic E-state index is 0. The van der Waals surface area contributed by atoms with E-state index >= 15 is 0 Å². The normalized spacial score (nSPS) is 17.6. The molecule has 0 saturated heterocycles. The summed E-state index contributed by atoms with van der Waals surface area (Å²) in [5.74, 6) is 0. The van der Waals surface area contributed by atoms with Crippen LogP contribution in [-0.4, -0.2) is 24.4 Å². The number of ether oxygens (including phenoxy) is 1. The van der Waals surface area contributed by atoms with Crippen molar-refractivity contribution in [3.63, 3.8) is 0 Å². The molecule has 0 heterocycles. The van der Waals surface area contributed by atoms with Crippen molar-refractivity contribution >= 4 is 12.4 Å². The molecule has 0 radical (unpaired) electrons. The maximum absolute atomic E-state index is 10.1. The quantitative estimate of drug-likeness (QED) is 0.803. The van der Waals surface area contributed by atoms with Gasteiger partial charge in [-0.2, -0.15) is 0 Å². The number of aryl methyl sites for hydroxylation is 1. The molecule has 1 aliphatic rings. The maximum Gasteiger partial charge on any atom is 0.0898 e. The van der Waals surface area contributed by atoms with Crippen LogP contribution in [0.1, 0.15) is 35.6 Å². The molecule has 0 aromatic heterocycles. The molecule has 2 N–H and O–H groups in total. The third-order valence-corrected chi connectivity index (χ3v) is 4.39. The molecule has 0 unspecified atom stereocenters. The Morgan fingerprint density at radius 3 is 2.67 bits per heavy atom. The van der Waals surface area contributed by atoms with Gasteiger partial charge < -0.3 is 15.2 Å². The summed E-state index contributed by atoms with van der Waals surface area (Å²) in [6, 6.07) is 19.0. The van der Waals surface area contributed by atoms with Crippen LogP contribution in [0.15, 0.2) is 54.6 Å². The summed E-state index contributed by atoms with van der Waals surface area (Å²) >= 11 is 0. The second-order valence-corrected chi connectivity index (χ2v) is 6.21. The molecule has 0 amide bonds. The van der Waals surface area contributed by atoms with E-state index in [-0.39, 0.29) is 12.4 Å². The Bertz CT molecular complexity index is 606. The SMILES string of the molecule is Cl.O[C@@H](CN[C@@H]1CCCc2ccccc21)COCc1ccccc1. The summed E-state index contributed by atoms with van der Waals surface area (Å²) in [5, 5.41) is 13.6. The van der Waals surface area contributed by atoms with Crippen LogP contribution in [0.25, 0.3) is 0 Å². The van der Waals surface area contributed by atoms with E-state index in [1.807, 2.05) is 30.3 Å². The van der Waals surface area contributed by atoms with Gasteiger partial charge in [-0.15, -0.1) is 12.4 Å². The summed E-state index contributed by atoms with van der Waals surface area (Å²) in [5.41, 5.74) is 3.95. The molecule has 130 valence electrons. The minimum Gasteiger partial charge on any atom is -0.389 e. The van der Waals surface area contributed by atoms with Gasteiger partial charge in [-0.3, -0.25) is 0 Å². The van der Waals surface area contributed by atoms with E-state index in [4.69, 9.17) is 4.74 Å². The lowest BCUT2D eigenvalue weighted by molar-refractivity contribution is 0.0273. The average molecular weight is 348 g/mol. The molecular formula is C20H26ClNO2. The van der Waals surface area contributed by atoms with Crippen molar-refractivity contribution in [1.82, 2.24) is 5.32 Å². The summed E-state index contributed by atoms with van der Waals surface area (Å²) in [6.07, 6.45) is 3.02. The zero-order valence-electron chi connectivity index (χ0n) is 13.9. The largest absolute Gasteiger partial charge is 0.389 e. The molecule has 0 saturated carbocycles. The Kier molecular flexibility index (Phi) is 7.73. The molecule has 2 atom stereocenters. The van der Waals surface area contributed by atoms with Crippen molar-refractivity contribution in [2.75, 3.05) is 13.2 Å². The Morgan fingerprint density at radius 2 is 1.83 bits per heavy atom. The Morgan fingerprint density at radius 1 is 1.08 bits per heavy atom. The van der Waals surface area contributed by atoms with Crippen molar-refractivity contribution in [2.24, 2.45) is 0 Å². The van der Waals surface area contributed by atoms with Gasteiger partial charge in [-0.05, 0) is 36.0 Å². The lowest BCUT2D eigenvalue weighted by atomic mass is 9.88. The number of benzene rings is 2.